The normalized spacial score (nSPS) is 15.0. The molecule has 0 atom stereocenters. The maximum absolute atomic E-state index is 11.6. The van der Waals surface area contributed by atoms with Gasteiger partial charge < -0.3 is 10.2 Å². The standard InChI is InChI=1S/C3H2F6O3/c4-1(5,10)2(6,7)12-3(8,9)11/h10-11H. The molecule has 3 nitrogen and oxygen atoms in total. The second-order valence-electron chi connectivity index (χ2n) is 1.65. The molecule has 74 valence electrons. The molecule has 9 heteroatoms. The van der Waals surface area contributed by atoms with E-state index in [1.807, 2.05) is 4.74 Å². The van der Waals surface area contributed by atoms with E-state index in [2.05, 4.69) is 0 Å². The highest BCUT2D eigenvalue weighted by Crippen LogP contribution is 2.36. The summed E-state index contributed by atoms with van der Waals surface area (Å²) >= 11 is 0. The molecule has 0 bridgehead atoms. The molecule has 0 radical (unpaired) electrons. The Hall–Kier alpha value is -0.540. The van der Waals surface area contributed by atoms with Crippen molar-refractivity contribution in [3.05, 3.63) is 0 Å². The Morgan fingerprint density at radius 2 is 1.17 bits per heavy atom. The van der Waals surface area contributed by atoms with Crippen LogP contribution < -0.4 is 0 Å². The van der Waals surface area contributed by atoms with Crippen LogP contribution in [-0.2, 0) is 4.74 Å². The minimum absolute atomic E-state index is 1.88. The van der Waals surface area contributed by atoms with Crippen LogP contribution in [0.15, 0.2) is 0 Å². The molecule has 0 fully saturated rings. The fourth-order valence-electron chi connectivity index (χ4n) is 0.216. The lowest BCUT2D eigenvalue weighted by Gasteiger charge is -2.22. The van der Waals surface area contributed by atoms with Crippen LogP contribution >= 0.6 is 0 Å². The van der Waals surface area contributed by atoms with Gasteiger partial charge in [-0.2, -0.15) is 17.6 Å². The summed E-state index contributed by atoms with van der Waals surface area (Å²) in [5.41, 5.74) is 0. The first-order valence-corrected chi connectivity index (χ1v) is 2.24. The molecular formula is C3H2F6O3. The fourth-order valence-corrected chi connectivity index (χ4v) is 0.216. The molecule has 12 heavy (non-hydrogen) atoms. The van der Waals surface area contributed by atoms with E-state index in [0.29, 0.717) is 0 Å². The summed E-state index contributed by atoms with van der Waals surface area (Å²) in [6.45, 7) is 0. The first-order chi connectivity index (χ1) is 4.96. The molecule has 0 saturated carbocycles. The smallest absolute Gasteiger partial charge is 0.329 e. The molecule has 0 rings (SSSR count). The molecule has 0 unspecified atom stereocenters. The molecule has 0 aromatic rings. The SMILES string of the molecule is OC(F)(F)OC(F)(F)C(O)(F)F. The molecule has 0 amide bonds. The third-order valence-corrected chi connectivity index (χ3v) is 0.601. The third-order valence-electron chi connectivity index (χ3n) is 0.601. The predicted octanol–water partition coefficient (Wildman–Crippen LogP) is 0.724. The van der Waals surface area contributed by atoms with Gasteiger partial charge in [0, 0.05) is 0 Å². The quantitative estimate of drug-likeness (QED) is 0.521. The summed E-state index contributed by atoms with van der Waals surface area (Å²) in [4.78, 5) is 0. The monoisotopic (exact) mass is 200 g/mol. The van der Waals surface area contributed by atoms with Gasteiger partial charge >= 0.3 is 18.5 Å². The van der Waals surface area contributed by atoms with Crippen LogP contribution in [0.25, 0.3) is 0 Å². The maximum Gasteiger partial charge on any atom is 0.487 e. The average molecular weight is 200 g/mol. The van der Waals surface area contributed by atoms with E-state index in [4.69, 9.17) is 10.2 Å². The van der Waals surface area contributed by atoms with Gasteiger partial charge in [-0.3, -0.25) is 0 Å². The molecule has 0 aromatic carbocycles. The van der Waals surface area contributed by atoms with E-state index < -0.39 is 18.5 Å². The average Bonchev–Trinajstić information content (AvgIpc) is 1.52. The first kappa shape index (κ1) is 11.5. The summed E-state index contributed by atoms with van der Waals surface area (Å²) < 4.78 is 69.9. The number of hydrogen-bond acceptors (Lipinski definition) is 3. The second kappa shape index (κ2) is 2.75. The van der Waals surface area contributed by atoms with Crippen molar-refractivity contribution < 1.29 is 41.3 Å². The number of halogens is 6. The van der Waals surface area contributed by atoms with E-state index >= 15 is 0 Å². The fraction of sp³-hybridized carbons (Fsp3) is 1.00. The topological polar surface area (TPSA) is 49.7 Å². The van der Waals surface area contributed by atoms with Crippen molar-refractivity contribution in [2.24, 2.45) is 0 Å². The molecule has 0 saturated heterocycles. The van der Waals surface area contributed by atoms with E-state index in [1.165, 1.54) is 0 Å². The largest absolute Gasteiger partial charge is 0.487 e. The lowest BCUT2D eigenvalue weighted by Crippen LogP contribution is -2.47. The van der Waals surface area contributed by atoms with Crippen LogP contribution in [0.4, 0.5) is 26.3 Å². The van der Waals surface area contributed by atoms with E-state index in [9.17, 15) is 26.3 Å². The molecular weight excluding hydrogens is 198 g/mol. The number of alkyl halides is 6. The molecule has 0 aliphatic rings. The van der Waals surface area contributed by atoms with Crippen molar-refractivity contribution in [1.82, 2.24) is 0 Å². The lowest BCUT2D eigenvalue weighted by molar-refractivity contribution is -0.515. The van der Waals surface area contributed by atoms with Gasteiger partial charge in [0.1, 0.15) is 0 Å². The van der Waals surface area contributed by atoms with Crippen LogP contribution in [0.5, 0.6) is 0 Å². The van der Waals surface area contributed by atoms with Crippen molar-refractivity contribution >= 4 is 0 Å². The van der Waals surface area contributed by atoms with Crippen molar-refractivity contribution in [3.8, 4) is 0 Å². The number of ether oxygens (including phenoxy) is 1. The van der Waals surface area contributed by atoms with Crippen LogP contribution in [0, 0.1) is 0 Å². The van der Waals surface area contributed by atoms with Crippen LogP contribution in [-0.4, -0.2) is 28.7 Å². The van der Waals surface area contributed by atoms with Crippen LogP contribution in [0.3, 0.4) is 0 Å². The van der Waals surface area contributed by atoms with E-state index in [-0.39, 0.29) is 0 Å². The van der Waals surface area contributed by atoms with Crippen molar-refractivity contribution in [3.63, 3.8) is 0 Å². The Morgan fingerprint density at radius 1 is 0.833 bits per heavy atom. The lowest BCUT2D eigenvalue weighted by atomic mass is 10.6. The van der Waals surface area contributed by atoms with Gasteiger partial charge in [0.05, 0.1) is 0 Å². The second-order valence-corrected chi connectivity index (χ2v) is 1.65. The van der Waals surface area contributed by atoms with Crippen molar-refractivity contribution in [2.75, 3.05) is 0 Å². The highest BCUT2D eigenvalue weighted by Gasteiger charge is 2.62. The zero-order valence-corrected chi connectivity index (χ0v) is 5.07. The van der Waals surface area contributed by atoms with Gasteiger partial charge in [0.15, 0.2) is 0 Å². The molecule has 0 spiro atoms. The number of aliphatic hydroxyl groups is 2. The third kappa shape index (κ3) is 3.24. The Morgan fingerprint density at radius 3 is 1.25 bits per heavy atom. The highest BCUT2D eigenvalue weighted by molar-refractivity contribution is 4.63. The van der Waals surface area contributed by atoms with E-state index in [0.717, 1.165) is 0 Å². The van der Waals surface area contributed by atoms with Gasteiger partial charge in [-0.15, -0.1) is 8.78 Å². The molecule has 0 heterocycles. The van der Waals surface area contributed by atoms with Gasteiger partial charge in [-0.1, -0.05) is 0 Å². The summed E-state index contributed by atoms with van der Waals surface area (Å²) in [6.07, 6.45) is -17.1. The first-order valence-electron chi connectivity index (χ1n) is 2.24. The number of rotatable bonds is 3. The summed E-state index contributed by atoms with van der Waals surface area (Å²) in [6, 6.07) is 0. The molecule has 0 aliphatic carbocycles. The van der Waals surface area contributed by atoms with Crippen LogP contribution in [0.1, 0.15) is 0 Å². The zero-order chi connectivity index (χ0) is 10.2. The minimum Gasteiger partial charge on any atom is -0.329 e. The minimum atomic E-state index is -5.86. The summed E-state index contributed by atoms with van der Waals surface area (Å²) in [5.74, 6) is 0. The summed E-state index contributed by atoms with van der Waals surface area (Å²) in [7, 11) is 0. The Balaban J connectivity index is 4.44. The molecule has 0 aromatic heterocycles. The van der Waals surface area contributed by atoms with Gasteiger partial charge in [-0.05, 0) is 0 Å². The number of hydrogen-bond donors (Lipinski definition) is 2. The van der Waals surface area contributed by atoms with Gasteiger partial charge in [0.25, 0.3) is 0 Å². The Kier molecular flexibility index (Phi) is 2.62. The van der Waals surface area contributed by atoms with Crippen molar-refractivity contribution in [1.29, 1.82) is 0 Å². The molecule has 0 aliphatic heterocycles. The predicted molar refractivity (Wildman–Crippen MR) is 20.4 cm³/mol. The summed E-state index contributed by atoms with van der Waals surface area (Å²) in [5, 5.41) is 14.5. The Labute approximate surface area is 61.2 Å². The maximum atomic E-state index is 11.6. The van der Waals surface area contributed by atoms with Gasteiger partial charge in [-0.25, -0.2) is 4.74 Å². The zero-order valence-electron chi connectivity index (χ0n) is 5.07. The van der Waals surface area contributed by atoms with E-state index in [1.54, 1.807) is 0 Å². The highest BCUT2D eigenvalue weighted by atomic mass is 19.3. The van der Waals surface area contributed by atoms with Crippen LogP contribution in [0.2, 0.25) is 0 Å². The van der Waals surface area contributed by atoms with Crippen molar-refractivity contribution in [2.45, 2.75) is 18.5 Å². The van der Waals surface area contributed by atoms with Gasteiger partial charge in [0.2, 0.25) is 0 Å². The Bertz CT molecular complexity index is 156. The molecule has 2 N–H and O–H groups in total.